The number of hydrogen-bond donors (Lipinski definition) is 1. The molecule has 21 heavy (non-hydrogen) atoms. The molecule has 1 aliphatic rings. The van der Waals surface area contributed by atoms with Crippen molar-refractivity contribution in [2.75, 3.05) is 5.32 Å². The van der Waals surface area contributed by atoms with Gasteiger partial charge in [-0.15, -0.1) is 0 Å². The van der Waals surface area contributed by atoms with Gasteiger partial charge in [0.05, 0.1) is 11.6 Å². The Bertz CT molecular complexity index is 797. The molecule has 1 aliphatic heterocycles. The van der Waals surface area contributed by atoms with Gasteiger partial charge in [-0.05, 0) is 23.1 Å². The number of hydrogen-bond acceptors (Lipinski definition) is 3. The van der Waals surface area contributed by atoms with Gasteiger partial charge in [-0.25, -0.2) is 4.98 Å². The molecule has 0 spiro atoms. The number of carbonyl (C=O) groups is 1. The predicted octanol–water partition coefficient (Wildman–Crippen LogP) is 3.89. The van der Waals surface area contributed by atoms with Crippen molar-refractivity contribution in [1.82, 2.24) is 4.98 Å². The Kier molecular flexibility index (Phi) is 2.82. The second-order valence-electron chi connectivity index (χ2n) is 4.98. The summed E-state index contributed by atoms with van der Waals surface area (Å²) in [6.07, 6.45) is 0. The summed E-state index contributed by atoms with van der Waals surface area (Å²) in [6.45, 7) is 0. The van der Waals surface area contributed by atoms with Gasteiger partial charge < -0.3 is 5.32 Å². The number of nitrogens with zero attached hydrogens (tertiary/aromatic N) is 1. The lowest BCUT2D eigenvalue weighted by Crippen LogP contribution is -2.13. The van der Waals surface area contributed by atoms with Crippen LogP contribution in [0.1, 0.15) is 17.0 Å². The van der Waals surface area contributed by atoms with E-state index in [1.54, 1.807) is 11.3 Å². The molecule has 4 rings (SSSR count). The molecule has 3 aromatic rings. The SMILES string of the molecule is O=C1Nc2nc(-c3ccsc3)ccc2[C@@H]1c1ccccc1. The van der Waals surface area contributed by atoms with Crippen LogP contribution in [-0.4, -0.2) is 10.9 Å². The van der Waals surface area contributed by atoms with Gasteiger partial charge in [0.1, 0.15) is 5.82 Å². The van der Waals surface area contributed by atoms with E-state index in [9.17, 15) is 4.79 Å². The number of benzene rings is 1. The molecule has 0 saturated carbocycles. The molecule has 0 radical (unpaired) electrons. The summed E-state index contributed by atoms with van der Waals surface area (Å²) in [5.74, 6) is 0.411. The average Bonchev–Trinajstić information content (AvgIpc) is 3.14. The Labute approximate surface area is 126 Å². The summed E-state index contributed by atoms with van der Waals surface area (Å²) in [4.78, 5) is 16.9. The molecule has 0 saturated heterocycles. The quantitative estimate of drug-likeness (QED) is 0.778. The van der Waals surface area contributed by atoms with Crippen molar-refractivity contribution < 1.29 is 4.79 Å². The lowest BCUT2D eigenvalue weighted by molar-refractivity contribution is -0.116. The van der Waals surface area contributed by atoms with Gasteiger partial charge in [0.2, 0.25) is 5.91 Å². The van der Waals surface area contributed by atoms with Crippen molar-refractivity contribution in [1.29, 1.82) is 0 Å². The van der Waals surface area contributed by atoms with Crippen LogP contribution in [0.3, 0.4) is 0 Å². The summed E-state index contributed by atoms with van der Waals surface area (Å²) in [5, 5.41) is 6.98. The fraction of sp³-hybridized carbons (Fsp3) is 0.0588. The molecule has 0 bridgehead atoms. The minimum Gasteiger partial charge on any atom is -0.310 e. The molecular weight excluding hydrogens is 280 g/mol. The van der Waals surface area contributed by atoms with Crippen LogP contribution in [0.4, 0.5) is 5.82 Å². The van der Waals surface area contributed by atoms with Crippen LogP contribution in [0.15, 0.2) is 59.3 Å². The summed E-state index contributed by atoms with van der Waals surface area (Å²) in [6, 6.07) is 15.8. The number of amides is 1. The average molecular weight is 292 g/mol. The lowest BCUT2D eigenvalue weighted by atomic mass is 9.93. The van der Waals surface area contributed by atoms with E-state index in [4.69, 9.17) is 0 Å². The van der Waals surface area contributed by atoms with E-state index in [0.717, 1.165) is 22.4 Å². The Morgan fingerprint density at radius 1 is 1.05 bits per heavy atom. The first-order valence-electron chi connectivity index (χ1n) is 6.72. The van der Waals surface area contributed by atoms with Crippen LogP contribution in [0.25, 0.3) is 11.3 Å². The number of anilines is 1. The van der Waals surface area contributed by atoms with Crippen molar-refractivity contribution in [3.8, 4) is 11.3 Å². The van der Waals surface area contributed by atoms with Crippen LogP contribution >= 0.6 is 11.3 Å². The van der Waals surface area contributed by atoms with E-state index in [1.165, 1.54) is 0 Å². The van der Waals surface area contributed by atoms with Crippen LogP contribution < -0.4 is 5.32 Å². The number of thiophene rings is 1. The molecule has 3 nitrogen and oxygen atoms in total. The maximum absolute atomic E-state index is 12.3. The number of aromatic nitrogens is 1. The third-order valence-corrected chi connectivity index (χ3v) is 4.37. The van der Waals surface area contributed by atoms with Crippen LogP contribution in [0, 0.1) is 0 Å². The Morgan fingerprint density at radius 2 is 1.90 bits per heavy atom. The predicted molar refractivity (Wildman–Crippen MR) is 84.5 cm³/mol. The van der Waals surface area contributed by atoms with Crippen molar-refractivity contribution in [3.63, 3.8) is 0 Å². The fourth-order valence-corrected chi connectivity index (χ4v) is 3.33. The number of pyridine rings is 1. The third kappa shape index (κ3) is 2.04. The molecule has 0 aliphatic carbocycles. The van der Waals surface area contributed by atoms with Gasteiger partial charge in [-0.3, -0.25) is 4.79 Å². The van der Waals surface area contributed by atoms with Gasteiger partial charge in [-0.1, -0.05) is 36.4 Å². The van der Waals surface area contributed by atoms with Gasteiger partial charge in [-0.2, -0.15) is 11.3 Å². The van der Waals surface area contributed by atoms with Crippen LogP contribution in [-0.2, 0) is 4.79 Å². The molecule has 102 valence electrons. The van der Waals surface area contributed by atoms with Crippen molar-refractivity contribution >= 4 is 23.1 Å². The lowest BCUT2D eigenvalue weighted by Gasteiger charge is -2.08. The zero-order valence-electron chi connectivity index (χ0n) is 11.1. The fourth-order valence-electron chi connectivity index (χ4n) is 2.68. The number of carbonyl (C=O) groups excluding carboxylic acids is 1. The van der Waals surface area contributed by atoms with Crippen LogP contribution in [0.5, 0.6) is 0 Å². The Morgan fingerprint density at radius 3 is 2.67 bits per heavy atom. The minimum absolute atomic E-state index is 0.00818. The second-order valence-corrected chi connectivity index (χ2v) is 5.76. The van der Waals surface area contributed by atoms with Crippen molar-refractivity contribution in [3.05, 3.63) is 70.4 Å². The second kappa shape index (κ2) is 4.82. The topological polar surface area (TPSA) is 42.0 Å². The Balaban J connectivity index is 1.79. The smallest absolute Gasteiger partial charge is 0.237 e. The van der Waals surface area contributed by atoms with Gasteiger partial charge in [0, 0.05) is 16.5 Å². The molecule has 1 atom stereocenters. The number of rotatable bonds is 2. The maximum atomic E-state index is 12.3. The third-order valence-electron chi connectivity index (χ3n) is 3.69. The molecule has 1 N–H and O–H groups in total. The number of nitrogens with one attached hydrogen (secondary N) is 1. The van der Waals surface area contributed by atoms with E-state index in [1.807, 2.05) is 53.9 Å². The van der Waals surface area contributed by atoms with Gasteiger partial charge >= 0.3 is 0 Å². The van der Waals surface area contributed by atoms with E-state index < -0.39 is 0 Å². The van der Waals surface area contributed by atoms with Crippen molar-refractivity contribution in [2.24, 2.45) is 0 Å². The summed E-state index contributed by atoms with van der Waals surface area (Å²) in [5.41, 5.74) is 3.92. The van der Waals surface area contributed by atoms with E-state index in [2.05, 4.69) is 15.7 Å². The van der Waals surface area contributed by atoms with Crippen LogP contribution in [0.2, 0.25) is 0 Å². The van der Waals surface area contributed by atoms with Crippen molar-refractivity contribution in [2.45, 2.75) is 5.92 Å². The highest BCUT2D eigenvalue weighted by atomic mass is 32.1. The largest absolute Gasteiger partial charge is 0.310 e. The molecule has 3 heterocycles. The molecule has 1 aromatic carbocycles. The van der Waals surface area contributed by atoms with Gasteiger partial charge in [0.15, 0.2) is 0 Å². The summed E-state index contributed by atoms with van der Waals surface area (Å²) < 4.78 is 0. The zero-order chi connectivity index (χ0) is 14.2. The highest BCUT2D eigenvalue weighted by molar-refractivity contribution is 7.08. The normalized spacial score (nSPS) is 16.6. The first-order valence-corrected chi connectivity index (χ1v) is 7.66. The highest BCUT2D eigenvalue weighted by Crippen LogP contribution is 2.37. The molecule has 0 fully saturated rings. The van der Waals surface area contributed by atoms with E-state index >= 15 is 0 Å². The maximum Gasteiger partial charge on any atom is 0.237 e. The van der Waals surface area contributed by atoms with Gasteiger partial charge in [0.25, 0.3) is 0 Å². The monoisotopic (exact) mass is 292 g/mol. The molecule has 2 aromatic heterocycles. The highest BCUT2D eigenvalue weighted by Gasteiger charge is 2.32. The summed E-state index contributed by atoms with van der Waals surface area (Å²) >= 11 is 1.64. The van der Waals surface area contributed by atoms with E-state index in [0.29, 0.717) is 5.82 Å². The molecular formula is C17H12N2OS. The molecule has 0 unspecified atom stereocenters. The molecule has 1 amide bonds. The first kappa shape index (κ1) is 12.3. The standard InChI is InChI=1S/C17H12N2OS/c20-17-15(11-4-2-1-3-5-11)13-6-7-14(18-16(13)19-17)12-8-9-21-10-12/h1-10,15H,(H,18,19,20)/t15-/m0/s1. The Hall–Kier alpha value is -2.46. The summed E-state index contributed by atoms with van der Waals surface area (Å²) in [7, 11) is 0. The van der Waals surface area contributed by atoms with E-state index in [-0.39, 0.29) is 11.8 Å². The zero-order valence-corrected chi connectivity index (χ0v) is 11.9. The number of fused-ring (bicyclic) bond motifs is 1. The minimum atomic E-state index is -0.259. The molecule has 4 heteroatoms. The first-order chi connectivity index (χ1) is 10.3.